The first kappa shape index (κ1) is 11.5. The van der Waals surface area contributed by atoms with Gasteiger partial charge in [-0.1, -0.05) is 6.07 Å². The van der Waals surface area contributed by atoms with E-state index in [1.54, 1.807) is 6.92 Å². The molecule has 17 heavy (non-hydrogen) atoms. The van der Waals surface area contributed by atoms with E-state index in [1.165, 1.54) is 18.2 Å². The Morgan fingerprint density at radius 2 is 1.94 bits per heavy atom. The number of nitrogens with zero attached hydrogens (tertiary/aromatic N) is 1. The zero-order valence-electron chi connectivity index (χ0n) is 8.88. The third-order valence-corrected chi connectivity index (χ3v) is 2.28. The number of aromatic nitrogens is 2. The molecule has 0 bridgehead atoms. The summed E-state index contributed by atoms with van der Waals surface area (Å²) >= 11 is 0. The molecule has 3 nitrogen and oxygen atoms in total. The Morgan fingerprint density at radius 1 is 1.24 bits per heavy atom. The van der Waals surface area contributed by atoms with Crippen molar-refractivity contribution in [3.8, 4) is 5.69 Å². The quantitative estimate of drug-likeness (QED) is 0.819. The molecule has 0 aliphatic carbocycles. The molecule has 0 amide bonds. The third-order valence-electron chi connectivity index (χ3n) is 2.28. The van der Waals surface area contributed by atoms with Gasteiger partial charge in [0.25, 0.3) is 5.56 Å². The van der Waals surface area contributed by atoms with Crippen LogP contribution in [0.1, 0.15) is 11.3 Å². The molecule has 0 radical (unpaired) electrons. The van der Waals surface area contributed by atoms with E-state index < -0.39 is 11.7 Å². The Bertz CT molecular complexity index is 595. The molecule has 0 saturated carbocycles. The van der Waals surface area contributed by atoms with Crippen LogP contribution in [0.15, 0.2) is 35.1 Å². The Labute approximate surface area is 94.5 Å². The molecule has 0 aliphatic heterocycles. The van der Waals surface area contributed by atoms with Crippen molar-refractivity contribution in [2.24, 2.45) is 0 Å². The molecule has 0 fully saturated rings. The molecule has 0 saturated heterocycles. The van der Waals surface area contributed by atoms with Gasteiger partial charge in [-0.15, -0.1) is 0 Å². The number of rotatable bonds is 1. The maximum absolute atomic E-state index is 12.5. The average Bonchev–Trinajstić information content (AvgIpc) is 2.57. The van der Waals surface area contributed by atoms with Crippen LogP contribution in [-0.4, -0.2) is 9.78 Å². The van der Waals surface area contributed by atoms with Crippen molar-refractivity contribution in [1.29, 1.82) is 0 Å². The van der Waals surface area contributed by atoms with Gasteiger partial charge in [0.2, 0.25) is 0 Å². The summed E-state index contributed by atoms with van der Waals surface area (Å²) in [4.78, 5) is 11.5. The van der Waals surface area contributed by atoms with Gasteiger partial charge in [-0.25, -0.2) is 4.68 Å². The molecule has 1 aromatic heterocycles. The predicted molar refractivity (Wildman–Crippen MR) is 56.1 cm³/mol. The second-order valence-corrected chi connectivity index (χ2v) is 3.66. The predicted octanol–water partition coefficient (Wildman–Crippen LogP) is 2.49. The fourth-order valence-corrected chi connectivity index (χ4v) is 1.53. The Balaban J connectivity index is 2.54. The topological polar surface area (TPSA) is 37.8 Å². The smallest absolute Gasteiger partial charge is 0.295 e. The van der Waals surface area contributed by atoms with Crippen LogP contribution in [0.25, 0.3) is 5.69 Å². The molecule has 90 valence electrons. The van der Waals surface area contributed by atoms with Crippen LogP contribution in [-0.2, 0) is 6.18 Å². The minimum absolute atomic E-state index is 0.165. The lowest BCUT2D eigenvalue weighted by molar-refractivity contribution is -0.137. The Morgan fingerprint density at radius 3 is 2.47 bits per heavy atom. The Hall–Kier alpha value is -1.98. The minimum atomic E-state index is -4.42. The summed E-state index contributed by atoms with van der Waals surface area (Å²) in [6.07, 6.45) is -4.42. The van der Waals surface area contributed by atoms with Crippen molar-refractivity contribution >= 4 is 0 Å². The zero-order chi connectivity index (χ0) is 12.6. The first-order valence-electron chi connectivity index (χ1n) is 4.84. The van der Waals surface area contributed by atoms with Gasteiger partial charge in [0.15, 0.2) is 0 Å². The van der Waals surface area contributed by atoms with Gasteiger partial charge in [-0.3, -0.25) is 9.89 Å². The summed E-state index contributed by atoms with van der Waals surface area (Å²) in [5.74, 6) is 0. The highest BCUT2D eigenvalue weighted by molar-refractivity contribution is 5.36. The number of benzene rings is 1. The van der Waals surface area contributed by atoms with Crippen LogP contribution in [0.5, 0.6) is 0 Å². The van der Waals surface area contributed by atoms with Crippen molar-refractivity contribution in [1.82, 2.24) is 9.78 Å². The van der Waals surface area contributed by atoms with Crippen molar-refractivity contribution in [2.75, 3.05) is 0 Å². The van der Waals surface area contributed by atoms with Gasteiger partial charge in [0.1, 0.15) is 0 Å². The van der Waals surface area contributed by atoms with Crippen molar-refractivity contribution in [3.63, 3.8) is 0 Å². The van der Waals surface area contributed by atoms with Crippen molar-refractivity contribution < 1.29 is 13.2 Å². The summed E-state index contributed by atoms with van der Waals surface area (Å²) in [6, 6.07) is 5.91. The number of hydrogen-bond acceptors (Lipinski definition) is 1. The maximum atomic E-state index is 12.5. The highest BCUT2D eigenvalue weighted by atomic mass is 19.4. The molecule has 0 spiro atoms. The van der Waals surface area contributed by atoms with Crippen LogP contribution in [0.4, 0.5) is 13.2 Å². The van der Waals surface area contributed by atoms with E-state index in [4.69, 9.17) is 0 Å². The second kappa shape index (κ2) is 3.80. The summed E-state index contributed by atoms with van der Waals surface area (Å²) in [5.41, 5.74) is -0.415. The molecule has 6 heteroatoms. The van der Waals surface area contributed by atoms with Gasteiger partial charge in [-0.05, 0) is 25.1 Å². The lowest BCUT2D eigenvalue weighted by atomic mass is 10.2. The molecule has 0 aliphatic rings. The fourth-order valence-electron chi connectivity index (χ4n) is 1.53. The normalized spacial score (nSPS) is 11.8. The van der Waals surface area contributed by atoms with E-state index in [0.29, 0.717) is 5.69 Å². The maximum Gasteiger partial charge on any atom is 0.416 e. The van der Waals surface area contributed by atoms with Gasteiger partial charge in [-0.2, -0.15) is 13.2 Å². The number of aromatic amines is 1. The van der Waals surface area contributed by atoms with E-state index in [0.717, 1.165) is 16.8 Å². The summed E-state index contributed by atoms with van der Waals surface area (Å²) in [7, 11) is 0. The molecule has 1 heterocycles. The lowest BCUT2D eigenvalue weighted by Gasteiger charge is -2.08. The first-order chi connectivity index (χ1) is 7.88. The minimum Gasteiger partial charge on any atom is -0.295 e. The number of aryl methyl sites for hydroxylation is 1. The van der Waals surface area contributed by atoms with Crippen LogP contribution in [0.2, 0.25) is 0 Å². The van der Waals surface area contributed by atoms with E-state index in [-0.39, 0.29) is 11.2 Å². The average molecular weight is 242 g/mol. The number of nitrogens with one attached hydrogen (secondary N) is 1. The van der Waals surface area contributed by atoms with Crippen LogP contribution in [0, 0.1) is 6.92 Å². The van der Waals surface area contributed by atoms with E-state index in [1.807, 2.05) is 0 Å². The monoisotopic (exact) mass is 242 g/mol. The zero-order valence-corrected chi connectivity index (χ0v) is 8.88. The molecule has 0 unspecified atom stereocenters. The van der Waals surface area contributed by atoms with E-state index in [2.05, 4.69) is 5.10 Å². The SMILES string of the molecule is Cc1cc(=O)n(-c2cccc(C(F)(F)F)c2)[nH]1. The lowest BCUT2D eigenvalue weighted by Crippen LogP contribution is -2.14. The standard InChI is InChI=1S/C11H9F3N2O/c1-7-5-10(17)16(15-7)9-4-2-3-8(6-9)11(12,13)14/h2-6,15H,1H3. The van der Waals surface area contributed by atoms with Gasteiger partial charge < -0.3 is 0 Å². The second-order valence-electron chi connectivity index (χ2n) is 3.66. The van der Waals surface area contributed by atoms with Crippen LogP contribution in [0.3, 0.4) is 0 Å². The van der Waals surface area contributed by atoms with E-state index >= 15 is 0 Å². The molecule has 1 N–H and O–H groups in total. The molecule has 2 aromatic rings. The number of halogens is 3. The number of hydrogen-bond donors (Lipinski definition) is 1. The van der Waals surface area contributed by atoms with Crippen molar-refractivity contribution in [3.05, 3.63) is 51.9 Å². The largest absolute Gasteiger partial charge is 0.416 e. The molecule has 1 aromatic carbocycles. The molecular formula is C11H9F3N2O. The number of alkyl halides is 3. The van der Waals surface area contributed by atoms with Gasteiger partial charge in [0.05, 0.1) is 11.3 Å². The van der Waals surface area contributed by atoms with Crippen molar-refractivity contribution in [2.45, 2.75) is 13.1 Å². The first-order valence-corrected chi connectivity index (χ1v) is 4.84. The van der Waals surface area contributed by atoms with Gasteiger partial charge in [0, 0.05) is 11.8 Å². The fraction of sp³-hybridized carbons (Fsp3) is 0.182. The summed E-state index contributed by atoms with van der Waals surface area (Å²) < 4.78 is 38.5. The summed E-state index contributed by atoms with van der Waals surface area (Å²) in [5, 5.41) is 2.68. The van der Waals surface area contributed by atoms with Gasteiger partial charge >= 0.3 is 6.18 Å². The van der Waals surface area contributed by atoms with E-state index in [9.17, 15) is 18.0 Å². The van der Waals surface area contributed by atoms with Crippen LogP contribution >= 0.6 is 0 Å². The summed E-state index contributed by atoms with van der Waals surface area (Å²) in [6.45, 7) is 1.66. The Kier molecular flexibility index (Phi) is 2.57. The molecule has 0 atom stereocenters. The highest BCUT2D eigenvalue weighted by Gasteiger charge is 2.30. The number of H-pyrrole nitrogens is 1. The molecular weight excluding hydrogens is 233 g/mol. The third kappa shape index (κ3) is 2.25. The van der Waals surface area contributed by atoms with Crippen LogP contribution < -0.4 is 5.56 Å². The highest BCUT2D eigenvalue weighted by Crippen LogP contribution is 2.29. The molecule has 2 rings (SSSR count).